The van der Waals surface area contributed by atoms with Gasteiger partial charge in [-0.1, -0.05) is 18.2 Å². The molecule has 0 saturated carbocycles. The Bertz CT molecular complexity index is 745. The standard InChI is InChI=1S/C19H30N4O5S/c1-2-27-19(24)21-10-14-23(15-11-21)29(25,26)22-12-8-20(9-13-22)16-17-28-18-6-4-3-5-7-18/h3-7H,2,8-17H2,1H3. The Hall–Kier alpha value is -1.88. The molecule has 1 amide bonds. The maximum absolute atomic E-state index is 12.9. The summed E-state index contributed by atoms with van der Waals surface area (Å²) >= 11 is 0. The van der Waals surface area contributed by atoms with Crippen LogP contribution < -0.4 is 4.74 Å². The van der Waals surface area contributed by atoms with Gasteiger partial charge in [-0.3, -0.25) is 4.90 Å². The summed E-state index contributed by atoms with van der Waals surface area (Å²) in [5.74, 6) is 0.843. The van der Waals surface area contributed by atoms with Gasteiger partial charge in [0.25, 0.3) is 10.2 Å². The van der Waals surface area contributed by atoms with Crippen molar-refractivity contribution in [1.29, 1.82) is 0 Å². The van der Waals surface area contributed by atoms with Crippen LogP contribution in [0, 0.1) is 0 Å². The van der Waals surface area contributed by atoms with E-state index in [-0.39, 0.29) is 6.09 Å². The van der Waals surface area contributed by atoms with Crippen molar-refractivity contribution in [2.75, 3.05) is 72.1 Å². The molecule has 10 heteroatoms. The minimum Gasteiger partial charge on any atom is -0.492 e. The molecule has 0 atom stereocenters. The van der Waals surface area contributed by atoms with E-state index in [1.165, 1.54) is 4.31 Å². The van der Waals surface area contributed by atoms with E-state index in [0.29, 0.717) is 65.6 Å². The van der Waals surface area contributed by atoms with Gasteiger partial charge in [-0.15, -0.1) is 0 Å². The van der Waals surface area contributed by atoms with Crippen molar-refractivity contribution in [1.82, 2.24) is 18.4 Å². The Morgan fingerprint density at radius 1 is 0.931 bits per heavy atom. The number of nitrogens with zero attached hydrogens (tertiary/aromatic N) is 4. The van der Waals surface area contributed by atoms with Gasteiger partial charge in [0.05, 0.1) is 6.61 Å². The fourth-order valence-electron chi connectivity index (χ4n) is 3.47. The van der Waals surface area contributed by atoms with Crippen LogP contribution in [0.1, 0.15) is 6.92 Å². The third-order valence-electron chi connectivity index (χ3n) is 5.17. The van der Waals surface area contributed by atoms with E-state index in [2.05, 4.69) is 4.90 Å². The lowest BCUT2D eigenvalue weighted by molar-refractivity contribution is 0.0914. The second-order valence-electron chi connectivity index (χ2n) is 6.99. The zero-order valence-electron chi connectivity index (χ0n) is 16.9. The molecule has 2 aliphatic rings. The summed E-state index contributed by atoms with van der Waals surface area (Å²) in [6.45, 7) is 7.01. The van der Waals surface area contributed by atoms with Crippen LogP contribution in [0.3, 0.4) is 0 Å². The van der Waals surface area contributed by atoms with Crippen LogP contribution in [0.5, 0.6) is 5.75 Å². The first kappa shape index (κ1) is 21.8. The van der Waals surface area contributed by atoms with Gasteiger partial charge < -0.3 is 14.4 Å². The number of piperazine rings is 2. The van der Waals surface area contributed by atoms with Crippen LogP contribution in [0.15, 0.2) is 30.3 Å². The molecule has 2 fully saturated rings. The fraction of sp³-hybridized carbons (Fsp3) is 0.632. The Morgan fingerprint density at radius 3 is 2.10 bits per heavy atom. The van der Waals surface area contributed by atoms with E-state index >= 15 is 0 Å². The Kier molecular flexibility index (Phi) is 7.70. The highest BCUT2D eigenvalue weighted by Gasteiger charge is 2.35. The number of rotatable bonds is 7. The molecule has 0 unspecified atom stereocenters. The molecule has 2 saturated heterocycles. The molecular formula is C19H30N4O5S. The zero-order chi connectivity index (χ0) is 20.7. The van der Waals surface area contributed by atoms with Crippen molar-refractivity contribution >= 4 is 16.3 Å². The lowest BCUT2D eigenvalue weighted by Gasteiger charge is -2.39. The predicted molar refractivity (Wildman–Crippen MR) is 109 cm³/mol. The topological polar surface area (TPSA) is 82.6 Å². The van der Waals surface area contributed by atoms with Gasteiger partial charge in [-0.25, -0.2) is 4.79 Å². The number of benzene rings is 1. The van der Waals surface area contributed by atoms with Crippen molar-refractivity contribution in [3.63, 3.8) is 0 Å². The third-order valence-corrected chi connectivity index (χ3v) is 7.20. The van der Waals surface area contributed by atoms with Gasteiger partial charge in [0.1, 0.15) is 12.4 Å². The number of hydrogen-bond acceptors (Lipinski definition) is 6. The largest absolute Gasteiger partial charge is 0.492 e. The molecule has 0 aromatic heterocycles. The molecule has 29 heavy (non-hydrogen) atoms. The average Bonchev–Trinajstić information content (AvgIpc) is 2.75. The van der Waals surface area contributed by atoms with Gasteiger partial charge in [0.2, 0.25) is 0 Å². The first-order chi connectivity index (χ1) is 14.0. The monoisotopic (exact) mass is 426 g/mol. The zero-order valence-corrected chi connectivity index (χ0v) is 17.7. The maximum atomic E-state index is 12.9. The SMILES string of the molecule is CCOC(=O)N1CCN(S(=O)(=O)N2CCN(CCOc3ccccc3)CC2)CC1. The lowest BCUT2D eigenvalue weighted by atomic mass is 10.3. The summed E-state index contributed by atoms with van der Waals surface area (Å²) in [6.07, 6.45) is -0.379. The molecule has 0 bridgehead atoms. The van der Waals surface area contributed by atoms with Crippen LogP contribution in [0.25, 0.3) is 0 Å². The average molecular weight is 427 g/mol. The van der Waals surface area contributed by atoms with E-state index in [1.54, 1.807) is 16.1 Å². The number of carbonyl (C=O) groups excluding carboxylic acids is 1. The van der Waals surface area contributed by atoms with Crippen LogP contribution in [-0.2, 0) is 14.9 Å². The van der Waals surface area contributed by atoms with E-state index in [1.807, 2.05) is 30.3 Å². The Balaban J connectivity index is 1.41. The summed E-state index contributed by atoms with van der Waals surface area (Å²) < 4.78 is 39.6. The highest BCUT2D eigenvalue weighted by atomic mass is 32.2. The summed E-state index contributed by atoms with van der Waals surface area (Å²) in [6, 6.07) is 9.67. The molecule has 0 N–H and O–H groups in total. The minimum absolute atomic E-state index is 0.298. The molecule has 3 rings (SSSR count). The van der Waals surface area contributed by atoms with Crippen LogP contribution in [0.4, 0.5) is 4.79 Å². The van der Waals surface area contributed by atoms with Crippen LogP contribution >= 0.6 is 0 Å². The van der Waals surface area contributed by atoms with Gasteiger partial charge >= 0.3 is 6.09 Å². The second-order valence-corrected chi connectivity index (χ2v) is 8.92. The smallest absolute Gasteiger partial charge is 0.409 e. The number of para-hydroxylation sites is 1. The molecule has 2 heterocycles. The first-order valence-electron chi connectivity index (χ1n) is 10.1. The third kappa shape index (κ3) is 5.81. The molecule has 9 nitrogen and oxygen atoms in total. The van der Waals surface area contributed by atoms with Crippen molar-refractivity contribution in [2.24, 2.45) is 0 Å². The summed E-state index contributed by atoms with van der Waals surface area (Å²) in [7, 11) is -3.50. The normalized spacial score (nSPS) is 19.8. The van der Waals surface area contributed by atoms with Crippen molar-refractivity contribution in [3.8, 4) is 5.75 Å². The highest BCUT2D eigenvalue weighted by molar-refractivity contribution is 7.86. The lowest BCUT2D eigenvalue weighted by Crippen LogP contribution is -2.57. The van der Waals surface area contributed by atoms with Crippen LogP contribution in [-0.4, -0.2) is 105 Å². The number of amides is 1. The molecular weight excluding hydrogens is 396 g/mol. The number of carbonyl (C=O) groups is 1. The first-order valence-corrected chi connectivity index (χ1v) is 11.5. The van der Waals surface area contributed by atoms with Gasteiger partial charge in [-0.05, 0) is 19.1 Å². The summed E-state index contributed by atoms with van der Waals surface area (Å²) in [4.78, 5) is 15.6. The van der Waals surface area contributed by atoms with Crippen molar-refractivity contribution in [2.45, 2.75) is 6.92 Å². The molecule has 0 spiro atoms. The Labute approximate surface area is 172 Å². The molecule has 0 radical (unpaired) electrons. The van der Waals surface area contributed by atoms with Gasteiger partial charge in [0, 0.05) is 58.9 Å². The van der Waals surface area contributed by atoms with Gasteiger partial charge in [-0.2, -0.15) is 17.0 Å². The quantitative estimate of drug-likeness (QED) is 0.638. The maximum Gasteiger partial charge on any atom is 0.409 e. The molecule has 1 aromatic rings. The van der Waals surface area contributed by atoms with Crippen molar-refractivity contribution < 1.29 is 22.7 Å². The molecule has 1 aromatic carbocycles. The molecule has 2 aliphatic heterocycles. The number of ether oxygens (including phenoxy) is 2. The molecule has 0 aliphatic carbocycles. The molecule has 162 valence electrons. The van der Waals surface area contributed by atoms with Gasteiger partial charge in [0.15, 0.2) is 0 Å². The van der Waals surface area contributed by atoms with E-state index < -0.39 is 10.2 Å². The predicted octanol–water partition coefficient (Wildman–Crippen LogP) is 0.702. The summed E-state index contributed by atoms with van der Waals surface area (Å²) in [5.41, 5.74) is 0. The fourth-order valence-corrected chi connectivity index (χ4v) is 5.05. The number of hydrogen-bond donors (Lipinski definition) is 0. The van der Waals surface area contributed by atoms with E-state index in [0.717, 1.165) is 12.3 Å². The second kappa shape index (κ2) is 10.2. The Morgan fingerprint density at radius 2 is 1.52 bits per heavy atom. The minimum atomic E-state index is -3.50. The van der Waals surface area contributed by atoms with E-state index in [4.69, 9.17) is 9.47 Å². The van der Waals surface area contributed by atoms with E-state index in [9.17, 15) is 13.2 Å². The van der Waals surface area contributed by atoms with Crippen LogP contribution in [0.2, 0.25) is 0 Å². The summed E-state index contributed by atoms with van der Waals surface area (Å²) in [5, 5.41) is 0. The highest BCUT2D eigenvalue weighted by Crippen LogP contribution is 2.15. The van der Waals surface area contributed by atoms with Crippen molar-refractivity contribution in [3.05, 3.63) is 30.3 Å².